The highest BCUT2D eigenvalue weighted by atomic mass is 32.2. The van der Waals surface area contributed by atoms with Crippen LogP contribution in [-0.2, 0) is 19.6 Å². The fourth-order valence-electron chi connectivity index (χ4n) is 4.21. The second-order valence-corrected chi connectivity index (χ2v) is 11.7. The van der Waals surface area contributed by atoms with Gasteiger partial charge in [0.15, 0.2) is 18.1 Å². The number of hydrogen-bond acceptors (Lipinski definition) is 8. The molecule has 0 atom stereocenters. The molecule has 4 aromatic rings. The Labute approximate surface area is 259 Å². The first kappa shape index (κ1) is 31.0. The van der Waals surface area contributed by atoms with E-state index in [1.54, 1.807) is 36.4 Å². The van der Waals surface area contributed by atoms with Gasteiger partial charge in [-0.25, -0.2) is 18.2 Å². The Kier molecular flexibility index (Phi) is 9.58. The van der Waals surface area contributed by atoms with Gasteiger partial charge in [0.1, 0.15) is 31.3 Å². The number of benzene rings is 4. The lowest BCUT2D eigenvalue weighted by molar-refractivity contribution is -0.119. The number of rotatable bonds is 11. The molecule has 0 unspecified atom stereocenters. The van der Waals surface area contributed by atoms with E-state index in [4.69, 9.17) is 14.2 Å². The summed E-state index contributed by atoms with van der Waals surface area (Å²) in [4.78, 5) is 24.9. The summed E-state index contributed by atoms with van der Waals surface area (Å²) < 4.78 is 58.3. The molecule has 1 heterocycles. The summed E-state index contributed by atoms with van der Waals surface area (Å²) in [6.07, 6.45) is 1.36. The van der Waals surface area contributed by atoms with Gasteiger partial charge in [-0.1, -0.05) is 17.7 Å². The van der Waals surface area contributed by atoms with Crippen molar-refractivity contribution >= 4 is 39.4 Å². The smallest absolute Gasteiger partial charge is 0.264 e. The predicted molar refractivity (Wildman–Crippen MR) is 166 cm³/mol. The second-order valence-electron chi connectivity index (χ2n) is 9.86. The highest BCUT2D eigenvalue weighted by Gasteiger charge is 2.29. The van der Waals surface area contributed by atoms with E-state index in [0.717, 1.165) is 22.0 Å². The van der Waals surface area contributed by atoms with Crippen LogP contribution in [0.3, 0.4) is 0 Å². The third-order valence-corrected chi connectivity index (χ3v) is 8.26. The first-order chi connectivity index (χ1) is 21.7. The lowest BCUT2D eigenvalue weighted by atomic mass is 10.2. The Bertz CT molecular complexity index is 1800. The van der Waals surface area contributed by atoms with E-state index in [9.17, 15) is 22.4 Å². The maximum Gasteiger partial charge on any atom is 0.264 e. The normalized spacial score (nSPS) is 12.4. The lowest BCUT2D eigenvalue weighted by Crippen LogP contribution is -2.39. The second kappa shape index (κ2) is 13.9. The van der Waals surface area contributed by atoms with Crippen LogP contribution in [-0.4, -0.2) is 52.8 Å². The van der Waals surface area contributed by atoms with Gasteiger partial charge >= 0.3 is 0 Å². The van der Waals surface area contributed by atoms with Crippen molar-refractivity contribution in [1.29, 1.82) is 0 Å². The number of hydrogen-bond donors (Lipinski definition) is 2. The molecular weight excluding hydrogens is 603 g/mol. The molecule has 2 N–H and O–H groups in total. The molecule has 1 aliphatic heterocycles. The Morgan fingerprint density at radius 2 is 1.60 bits per heavy atom. The monoisotopic (exact) mass is 632 g/mol. The molecule has 0 bridgehead atoms. The van der Waals surface area contributed by atoms with E-state index in [2.05, 4.69) is 15.8 Å². The molecule has 0 spiro atoms. The minimum Gasteiger partial charge on any atom is -0.486 e. The highest BCUT2D eigenvalue weighted by Crippen LogP contribution is 2.34. The molecule has 232 valence electrons. The number of carbonyl (C=O) groups is 2. The number of carbonyl (C=O) groups excluding carboxylic acids is 2. The summed E-state index contributed by atoms with van der Waals surface area (Å²) in [6.45, 7) is 1.74. The Balaban J connectivity index is 1.19. The third kappa shape index (κ3) is 8.15. The van der Waals surface area contributed by atoms with Gasteiger partial charge in [-0.05, 0) is 85.3 Å². The van der Waals surface area contributed by atoms with E-state index < -0.39 is 28.3 Å². The average molecular weight is 633 g/mol. The maximum atomic E-state index is 13.6. The van der Waals surface area contributed by atoms with E-state index >= 15 is 0 Å². The Morgan fingerprint density at radius 1 is 0.911 bits per heavy atom. The molecular formula is C32H29FN4O7S. The quantitative estimate of drug-likeness (QED) is 0.186. The first-order valence-corrected chi connectivity index (χ1v) is 15.2. The van der Waals surface area contributed by atoms with Gasteiger partial charge in [0.05, 0.1) is 16.8 Å². The van der Waals surface area contributed by atoms with E-state index in [-0.39, 0.29) is 35.5 Å². The molecule has 13 heteroatoms. The Hall–Kier alpha value is -5.43. The minimum absolute atomic E-state index is 0.0774. The van der Waals surface area contributed by atoms with Gasteiger partial charge in [0.25, 0.3) is 21.8 Å². The number of amides is 2. The number of aryl methyl sites for hydroxylation is 1. The largest absolute Gasteiger partial charge is 0.486 e. The molecule has 5 rings (SSSR count). The summed E-state index contributed by atoms with van der Waals surface area (Å²) in [5.74, 6) is -0.490. The molecule has 11 nitrogen and oxygen atoms in total. The molecule has 2 amide bonds. The molecule has 0 fully saturated rings. The van der Waals surface area contributed by atoms with Gasteiger partial charge in [-0.3, -0.25) is 13.9 Å². The third-order valence-electron chi connectivity index (χ3n) is 6.49. The molecule has 0 saturated carbocycles. The van der Waals surface area contributed by atoms with E-state index in [1.165, 1.54) is 36.5 Å². The van der Waals surface area contributed by atoms with Crippen LogP contribution in [0.5, 0.6) is 17.2 Å². The average Bonchev–Trinajstić information content (AvgIpc) is 3.04. The standard InChI is InChI=1S/C32H29FN4O7S/c1-22-2-8-25(9-3-22)35-32(39)21-44-27-12-4-23(5-13-27)19-34-36-31(38)20-37(26-10-6-24(33)7-11-26)45(40,41)28-14-15-29-30(18-28)43-17-16-42-29/h2-15,18-19H,16-17,20-21H2,1H3,(H,35,39)(H,36,38)/b34-19-. The zero-order valence-corrected chi connectivity index (χ0v) is 24.9. The van der Waals surface area contributed by atoms with Crippen molar-refractivity contribution < 1.29 is 36.6 Å². The minimum atomic E-state index is -4.29. The van der Waals surface area contributed by atoms with Gasteiger partial charge < -0.3 is 19.5 Å². The number of hydrazone groups is 1. The van der Waals surface area contributed by atoms with Crippen molar-refractivity contribution in [3.63, 3.8) is 0 Å². The lowest BCUT2D eigenvalue weighted by Gasteiger charge is -2.25. The van der Waals surface area contributed by atoms with Crippen molar-refractivity contribution in [2.24, 2.45) is 5.10 Å². The number of halogens is 1. The van der Waals surface area contributed by atoms with Crippen LogP contribution in [0.15, 0.2) is 101 Å². The fraction of sp³-hybridized carbons (Fsp3) is 0.156. The van der Waals surface area contributed by atoms with Gasteiger partial charge in [-0.2, -0.15) is 5.10 Å². The van der Waals surface area contributed by atoms with Crippen molar-refractivity contribution in [3.8, 4) is 17.2 Å². The van der Waals surface area contributed by atoms with E-state index in [1.807, 2.05) is 19.1 Å². The predicted octanol–water partition coefficient (Wildman–Crippen LogP) is 4.27. The number of ether oxygens (including phenoxy) is 3. The van der Waals surface area contributed by atoms with Crippen molar-refractivity contribution in [1.82, 2.24) is 5.43 Å². The fourth-order valence-corrected chi connectivity index (χ4v) is 5.65. The zero-order chi connectivity index (χ0) is 31.8. The topological polar surface area (TPSA) is 136 Å². The molecule has 0 aromatic heterocycles. The zero-order valence-electron chi connectivity index (χ0n) is 24.1. The molecule has 45 heavy (non-hydrogen) atoms. The molecule has 4 aromatic carbocycles. The summed E-state index contributed by atoms with van der Waals surface area (Å²) in [6, 6.07) is 22.9. The van der Waals surface area contributed by atoms with Crippen LogP contribution in [0.4, 0.5) is 15.8 Å². The number of nitrogens with zero attached hydrogens (tertiary/aromatic N) is 2. The highest BCUT2D eigenvalue weighted by molar-refractivity contribution is 7.92. The van der Waals surface area contributed by atoms with E-state index in [0.29, 0.717) is 29.4 Å². The summed E-state index contributed by atoms with van der Waals surface area (Å²) in [5.41, 5.74) is 4.75. The maximum absolute atomic E-state index is 13.6. The van der Waals surface area contributed by atoms with Crippen LogP contribution in [0.1, 0.15) is 11.1 Å². The number of anilines is 2. The molecule has 1 aliphatic rings. The van der Waals surface area contributed by atoms with Crippen molar-refractivity contribution in [2.45, 2.75) is 11.8 Å². The van der Waals surface area contributed by atoms with Crippen LogP contribution in [0, 0.1) is 12.7 Å². The SMILES string of the molecule is Cc1ccc(NC(=O)COc2ccc(/C=N\NC(=O)CN(c3ccc(F)cc3)S(=O)(=O)c3ccc4c(c3)OCCO4)cc2)cc1. The molecule has 0 radical (unpaired) electrons. The summed E-state index contributed by atoms with van der Waals surface area (Å²) in [5, 5.41) is 6.68. The van der Waals surface area contributed by atoms with Crippen LogP contribution >= 0.6 is 0 Å². The number of nitrogens with one attached hydrogen (secondary N) is 2. The number of sulfonamides is 1. The number of fused-ring (bicyclic) bond motifs is 1. The van der Waals surface area contributed by atoms with Crippen LogP contribution < -0.4 is 29.3 Å². The van der Waals surface area contributed by atoms with Gasteiger partial charge in [-0.15, -0.1) is 0 Å². The molecule has 0 saturated heterocycles. The Morgan fingerprint density at radius 3 is 2.31 bits per heavy atom. The molecule has 0 aliphatic carbocycles. The van der Waals surface area contributed by atoms with Gasteiger partial charge in [0.2, 0.25) is 0 Å². The van der Waals surface area contributed by atoms with Crippen LogP contribution in [0.2, 0.25) is 0 Å². The van der Waals surface area contributed by atoms with Crippen LogP contribution in [0.25, 0.3) is 0 Å². The summed E-state index contributed by atoms with van der Waals surface area (Å²) in [7, 11) is -4.29. The first-order valence-electron chi connectivity index (χ1n) is 13.8. The van der Waals surface area contributed by atoms with Crippen molar-refractivity contribution in [2.75, 3.05) is 36.0 Å². The van der Waals surface area contributed by atoms with Gasteiger partial charge in [0, 0.05) is 11.8 Å². The summed E-state index contributed by atoms with van der Waals surface area (Å²) >= 11 is 0. The van der Waals surface area contributed by atoms with Crippen molar-refractivity contribution in [3.05, 3.63) is 108 Å².